The van der Waals surface area contributed by atoms with Crippen molar-refractivity contribution in [2.45, 2.75) is 20.4 Å². The van der Waals surface area contributed by atoms with Crippen molar-refractivity contribution < 1.29 is 9.21 Å². The molecule has 130 valence electrons. The third-order valence-electron chi connectivity index (χ3n) is 4.63. The number of allylic oxidation sites excluding steroid dienone is 3. The molecule has 1 fully saturated rings. The molecule has 0 spiro atoms. The molecule has 1 aromatic rings. The number of fused-ring (bicyclic) bond motifs is 4. The van der Waals surface area contributed by atoms with Crippen molar-refractivity contribution in [3.05, 3.63) is 70.3 Å². The average Bonchev–Trinajstić information content (AvgIpc) is 3.31. The summed E-state index contributed by atoms with van der Waals surface area (Å²) in [5, 5.41) is 0. The summed E-state index contributed by atoms with van der Waals surface area (Å²) >= 11 is 5.74. The van der Waals surface area contributed by atoms with E-state index in [9.17, 15) is 4.79 Å². The highest BCUT2D eigenvalue weighted by Crippen LogP contribution is 2.48. The molecule has 7 heteroatoms. The molecular formula is C19H15N3O2S2. The minimum Gasteiger partial charge on any atom is -0.467 e. The third kappa shape index (κ3) is 2.10. The molecular weight excluding hydrogens is 366 g/mol. The molecule has 5 rings (SSSR count). The molecule has 1 saturated heterocycles. The maximum atomic E-state index is 13.0. The van der Waals surface area contributed by atoms with E-state index in [0.29, 0.717) is 10.9 Å². The van der Waals surface area contributed by atoms with E-state index in [1.54, 1.807) is 11.2 Å². The molecule has 4 aliphatic rings. The molecule has 5 heterocycles. The van der Waals surface area contributed by atoms with Crippen molar-refractivity contribution >= 4 is 43.8 Å². The van der Waals surface area contributed by atoms with Gasteiger partial charge >= 0.3 is 0 Å². The number of hydrogen-bond donors (Lipinski definition) is 0. The van der Waals surface area contributed by atoms with Crippen LogP contribution < -0.4 is 0 Å². The summed E-state index contributed by atoms with van der Waals surface area (Å²) in [5.41, 5.74) is 3.07. The summed E-state index contributed by atoms with van der Waals surface area (Å²) in [5.74, 6) is 1.56. The topological polar surface area (TPSA) is 49.1 Å². The third-order valence-corrected chi connectivity index (χ3v) is 7.46. The standard InChI is InChI=1S/C19H15N3O2S2/c1-11-5-6-16-20-12(2)14-8-15-17(23)22(10-13-4-3-7-24-13)19(25)26(15)18(14)21(16)9-11/h3-9H,10H2,1-2H3. The second-order valence-corrected chi connectivity index (χ2v) is 8.87. The second kappa shape index (κ2) is 5.49. The van der Waals surface area contributed by atoms with Crippen LogP contribution in [0.5, 0.6) is 0 Å². The monoisotopic (exact) mass is 381 g/mol. The molecule has 0 N–H and O–H groups in total. The van der Waals surface area contributed by atoms with Crippen molar-refractivity contribution in [3.8, 4) is 0 Å². The molecule has 1 aromatic heterocycles. The van der Waals surface area contributed by atoms with Crippen LogP contribution in [0.3, 0.4) is 0 Å². The summed E-state index contributed by atoms with van der Waals surface area (Å²) in [6.45, 7) is 4.40. The Kier molecular flexibility index (Phi) is 3.32. The number of nitrogens with zero attached hydrogens (tertiary/aromatic N) is 3. The van der Waals surface area contributed by atoms with Gasteiger partial charge in [-0.1, -0.05) is 28.8 Å². The first-order chi connectivity index (χ1) is 12.5. The zero-order chi connectivity index (χ0) is 18.0. The molecule has 0 aliphatic carbocycles. The summed E-state index contributed by atoms with van der Waals surface area (Å²) in [7, 11) is -0.552. The van der Waals surface area contributed by atoms with Gasteiger partial charge in [-0.15, -0.1) is 0 Å². The van der Waals surface area contributed by atoms with Crippen molar-refractivity contribution in [2.75, 3.05) is 0 Å². The van der Waals surface area contributed by atoms with E-state index in [-0.39, 0.29) is 5.91 Å². The van der Waals surface area contributed by atoms with Crippen molar-refractivity contribution in [1.82, 2.24) is 9.80 Å². The van der Waals surface area contributed by atoms with Crippen molar-refractivity contribution in [2.24, 2.45) is 4.99 Å². The van der Waals surface area contributed by atoms with Crippen molar-refractivity contribution in [3.63, 3.8) is 0 Å². The van der Waals surface area contributed by atoms with E-state index in [1.807, 2.05) is 44.2 Å². The van der Waals surface area contributed by atoms with Crippen LogP contribution in [0.1, 0.15) is 19.6 Å². The number of aliphatic imine (C=N–C) groups is 1. The van der Waals surface area contributed by atoms with Crippen LogP contribution in [0.2, 0.25) is 0 Å². The van der Waals surface area contributed by atoms with Crippen LogP contribution in [0, 0.1) is 0 Å². The Morgan fingerprint density at radius 3 is 2.92 bits per heavy atom. The van der Waals surface area contributed by atoms with Gasteiger partial charge in [0.15, 0.2) is 0 Å². The quantitative estimate of drug-likeness (QED) is 0.734. The maximum Gasteiger partial charge on any atom is 0.266 e. The second-order valence-electron chi connectivity index (χ2n) is 6.40. The zero-order valence-electron chi connectivity index (χ0n) is 14.2. The Morgan fingerprint density at radius 2 is 2.15 bits per heavy atom. The summed E-state index contributed by atoms with van der Waals surface area (Å²) in [6.07, 6.45) is 9.68. The number of amides is 1. The molecule has 1 unspecified atom stereocenters. The van der Waals surface area contributed by atoms with Gasteiger partial charge in [-0.3, -0.25) is 14.6 Å². The molecule has 0 saturated carbocycles. The van der Waals surface area contributed by atoms with Gasteiger partial charge in [-0.05, 0) is 43.7 Å². The highest BCUT2D eigenvalue weighted by Gasteiger charge is 2.44. The molecule has 5 nitrogen and oxygen atoms in total. The Morgan fingerprint density at radius 1 is 1.31 bits per heavy atom. The molecule has 0 bridgehead atoms. The Labute approximate surface area is 158 Å². The molecule has 26 heavy (non-hydrogen) atoms. The number of carbonyl (C=O) groups is 1. The fraction of sp³-hybridized carbons (Fsp3) is 0.158. The van der Waals surface area contributed by atoms with Gasteiger partial charge in [-0.25, -0.2) is 4.99 Å². The lowest BCUT2D eigenvalue weighted by Crippen LogP contribution is -2.37. The highest BCUT2D eigenvalue weighted by molar-refractivity contribution is 8.39. The van der Waals surface area contributed by atoms with Gasteiger partial charge in [0, 0.05) is 17.5 Å². The van der Waals surface area contributed by atoms with Gasteiger partial charge in [0.2, 0.25) is 0 Å². The summed E-state index contributed by atoms with van der Waals surface area (Å²) in [4.78, 5) is 23.3. The largest absolute Gasteiger partial charge is 0.467 e. The number of furan rings is 1. The lowest BCUT2D eigenvalue weighted by Gasteiger charge is -2.31. The Hall–Kier alpha value is -2.51. The predicted octanol–water partition coefficient (Wildman–Crippen LogP) is 3.66. The number of carbonyl (C=O) groups excluding carboxylic acids is 1. The van der Waals surface area contributed by atoms with Crippen LogP contribution in [-0.4, -0.2) is 30.9 Å². The van der Waals surface area contributed by atoms with E-state index in [1.165, 1.54) is 0 Å². The molecule has 4 aliphatic heterocycles. The van der Waals surface area contributed by atoms with Crippen LogP contribution >= 0.6 is 22.7 Å². The van der Waals surface area contributed by atoms with E-state index in [4.69, 9.17) is 16.6 Å². The maximum absolute atomic E-state index is 13.0. The first-order valence-electron chi connectivity index (χ1n) is 8.21. The first kappa shape index (κ1) is 15.7. The van der Waals surface area contributed by atoms with E-state index in [0.717, 1.165) is 38.3 Å². The fourth-order valence-electron chi connectivity index (χ4n) is 3.38. The van der Waals surface area contributed by atoms with E-state index < -0.39 is 10.5 Å². The number of amidine groups is 1. The number of hydrogen-bond acceptors (Lipinski definition) is 5. The molecule has 1 amide bonds. The SMILES string of the molecule is CC1=CN2C(=NC(C)=C3C=C4C(=O)N(Cc5ccco5)C(=S)S4=C32)C=C1. The van der Waals surface area contributed by atoms with E-state index >= 15 is 0 Å². The molecule has 0 aromatic carbocycles. The van der Waals surface area contributed by atoms with Gasteiger partial charge in [0.05, 0.1) is 22.7 Å². The number of thiocarbonyl (C=S) groups is 1. The van der Waals surface area contributed by atoms with Crippen LogP contribution in [0.15, 0.2) is 74.0 Å². The average molecular weight is 381 g/mol. The van der Waals surface area contributed by atoms with Crippen molar-refractivity contribution in [1.29, 1.82) is 0 Å². The fourth-order valence-corrected chi connectivity index (χ4v) is 6.26. The lowest BCUT2D eigenvalue weighted by atomic mass is 10.1. The minimum atomic E-state index is -0.552. The highest BCUT2D eigenvalue weighted by atomic mass is 32.2. The molecule has 1 atom stereocenters. The smallest absolute Gasteiger partial charge is 0.266 e. The predicted molar refractivity (Wildman–Crippen MR) is 107 cm³/mol. The Balaban J connectivity index is 1.63. The number of rotatable bonds is 2. The summed E-state index contributed by atoms with van der Waals surface area (Å²) in [6, 6.07) is 3.68. The minimum absolute atomic E-state index is 0.0354. The summed E-state index contributed by atoms with van der Waals surface area (Å²) < 4.78 is 6.05. The van der Waals surface area contributed by atoms with Gasteiger partial charge < -0.3 is 4.42 Å². The molecule has 0 radical (unpaired) electrons. The van der Waals surface area contributed by atoms with Crippen LogP contribution in [0.25, 0.3) is 0 Å². The van der Waals surface area contributed by atoms with Crippen LogP contribution in [-0.2, 0) is 11.3 Å². The Bertz CT molecular complexity index is 1070. The van der Waals surface area contributed by atoms with Gasteiger partial charge in [0.25, 0.3) is 5.91 Å². The van der Waals surface area contributed by atoms with Gasteiger partial charge in [-0.2, -0.15) is 0 Å². The lowest BCUT2D eigenvalue weighted by molar-refractivity contribution is -0.122. The van der Waals surface area contributed by atoms with Crippen LogP contribution in [0.4, 0.5) is 0 Å². The normalized spacial score (nSPS) is 23.8. The first-order valence-corrected chi connectivity index (χ1v) is 9.85. The van der Waals surface area contributed by atoms with Gasteiger partial charge in [0.1, 0.15) is 15.9 Å². The zero-order valence-corrected chi connectivity index (χ0v) is 15.9. The van der Waals surface area contributed by atoms with E-state index in [2.05, 4.69) is 16.1 Å².